The largest absolute Gasteiger partial charge is 0.449 e. The monoisotopic (exact) mass is 366 g/mol. The van der Waals surface area contributed by atoms with Crippen LogP contribution in [0.5, 0.6) is 0 Å². The fourth-order valence-electron chi connectivity index (χ4n) is 2.81. The molecule has 0 unspecified atom stereocenters. The van der Waals surface area contributed by atoms with E-state index in [4.69, 9.17) is 4.74 Å². The van der Waals surface area contributed by atoms with Crippen molar-refractivity contribution in [3.63, 3.8) is 0 Å². The Labute approximate surface area is 156 Å². The van der Waals surface area contributed by atoms with Crippen LogP contribution >= 0.6 is 0 Å². The second-order valence-corrected chi connectivity index (χ2v) is 6.32. The molecule has 1 aliphatic rings. The molecule has 0 aliphatic carbocycles. The number of fused-ring (bicyclic) bond motifs is 1. The lowest BCUT2D eigenvalue weighted by molar-refractivity contribution is -0.137. The number of ether oxygens (including phenoxy) is 1. The minimum Gasteiger partial charge on any atom is -0.449 e. The van der Waals surface area contributed by atoms with Crippen LogP contribution in [-0.4, -0.2) is 48.8 Å². The van der Waals surface area contributed by atoms with Gasteiger partial charge in [0.2, 0.25) is 0 Å². The van der Waals surface area contributed by atoms with Crippen LogP contribution in [0.15, 0.2) is 48.5 Å². The van der Waals surface area contributed by atoms with Crippen LogP contribution in [0, 0.1) is 0 Å². The molecule has 0 fully saturated rings. The van der Waals surface area contributed by atoms with Crippen LogP contribution in [0.2, 0.25) is 0 Å². The summed E-state index contributed by atoms with van der Waals surface area (Å²) in [6.07, 6.45) is -0.914. The fourth-order valence-corrected chi connectivity index (χ4v) is 2.81. The van der Waals surface area contributed by atoms with Crippen LogP contribution in [-0.2, 0) is 9.53 Å². The van der Waals surface area contributed by atoms with Crippen LogP contribution in [0.4, 0.5) is 5.69 Å². The summed E-state index contributed by atoms with van der Waals surface area (Å²) in [4.78, 5) is 51.3. The first-order valence-corrected chi connectivity index (χ1v) is 8.31. The maximum atomic E-state index is 12.5. The van der Waals surface area contributed by atoms with Gasteiger partial charge < -0.3 is 9.64 Å². The van der Waals surface area contributed by atoms with Crippen molar-refractivity contribution < 1.29 is 23.9 Å². The molecule has 0 spiro atoms. The Hall–Kier alpha value is -3.48. The Balaban J connectivity index is 1.77. The predicted octanol–water partition coefficient (Wildman–Crippen LogP) is 2.12. The molecule has 1 aliphatic heterocycles. The number of hydrogen-bond acceptors (Lipinski definition) is 5. The van der Waals surface area contributed by atoms with Crippen LogP contribution in [0.3, 0.4) is 0 Å². The zero-order valence-corrected chi connectivity index (χ0v) is 15.1. The van der Waals surface area contributed by atoms with E-state index in [9.17, 15) is 19.2 Å². The first-order valence-electron chi connectivity index (χ1n) is 8.31. The first-order chi connectivity index (χ1) is 12.8. The van der Waals surface area contributed by atoms with Crippen molar-refractivity contribution in [1.82, 2.24) is 4.90 Å². The van der Waals surface area contributed by atoms with Gasteiger partial charge in [0, 0.05) is 14.1 Å². The smallest absolute Gasteiger partial charge is 0.338 e. The maximum Gasteiger partial charge on any atom is 0.338 e. The Morgan fingerprint density at radius 3 is 1.93 bits per heavy atom. The van der Waals surface area contributed by atoms with Gasteiger partial charge >= 0.3 is 5.97 Å². The highest BCUT2D eigenvalue weighted by Gasteiger charge is 2.36. The van der Waals surface area contributed by atoms with E-state index in [-0.39, 0.29) is 11.5 Å². The van der Waals surface area contributed by atoms with E-state index in [1.165, 1.54) is 36.1 Å². The summed E-state index contributed by atoms with van der Waals surface area (Å²) in [5.74, 6) is -1.80. The molecule has 2 aromatic rings. The van der Waals surface area contributed by atoms with Crippen molar-refractivity contribution in [3.8, 4) is 0 Å². The summed E-state index contributed by atoms with van der Waals surface area (Å²) in [7, 11) is 3.15. The molecule has 0 radical (unpaired) electrons. The van der Waals surface area contributed by atoms with Gasteiger partial charge in [-0.05, 0) is 43.3 Å². The SMILES string of the molecule is C[C@@H](OC(=O)c1ccc(N2C(=O)c3ccccc3C2=O)cc1)C(=O)N(C)C. The quantitative estimate of drug-likeness (QED) is 0.611. The lowest BCUT2D eigenvalue weighted by Crippen LogP contribution is -2.34. The predicted molar refractivity (Wildman–Crippen MR) is 97.6 cm³/mol. The van der Waals surface area contributed by atoms with Crippen molar-refractivity contribution in [2.24, 2.45) is 0 Å². The normalized spacial score (nSPS) is 14.0. The van der Waals surface area contributed by atoms with Crippen LogP contribution in [0.25, 0.3) is 0 Å². The van der Waals surface area contributed by atoms with E-state index < -0.39 is 23.9 Å². The molecule has 0 saturated heterocycles. The van der Waals surface area contributed by atoms with Gasteiger partial charge in [-0.1, -0.05) is 12.1 Å². The Morgan fingerprint density at radius 2 is 1.44 bits per heavy atom. The molecule has 1 heterocycles. The molecule has 0 saturated carbocycles. The van der Waals surface area contributed by atoms with E-state index >= 15 is 0 Å². The minimum absolute atomic E-state index is 0.216. The van der Waals surface area contributed by atoms with E-state index in [1.54, 1.807) is 38.4 Å². The summed E-state index contributed by atoms with van der Waals surface area (Å²) < 4.78 is 5.14. The highest BCUT2D eigenvalue weighted by molar-refractivity contribution is 6.34. The van der Waals surface area contributed by atoms with Gasteiger partial charge in [-0.2, -0.15) is 0 Å². The number of esters is 1. The highest BCUT2D eigenvalue weighted by atomic mass is 16.5. The molecule has 3 rings (SSSR count). The molecule has 138 valence electrons. The number of likely N-dealkylation sites (N-methyl/N-ethyl adjacent to an activating group) is 1. The summed E-state index contributed by atoms with van der Waals surface area (Å²) >= 11 is 0. The third-order valence-electron chi connectivity index (χ3n) is 4.23. The topological polar surface area (TPSA) is 84.0 Å². The highest BCUT2D eigenvalue weighted by Crippen LogP contribution is 2.28. The van der Waals surface area contributed by atoms with Gasteiger partial charge in [0.25, 0.3) is 17.7 Å². The molecule has 0 aromatic heterocycles. The fraction of sp³-hybridized carbons (Fsp3) is 0.200. The Kier molecular flexibility index (Phi) is 4.77. The van der Waals surface area contributed by atoms with Crippen LogP contribution in [0.1, 0.15) is 38.0 Å². The number of amides is 3. The molecule has 2 aromatic carbocycles. The van der Waals surface area contributed by atoms with Gasteiger partial charge in [0.05, 0.1) is 22.4 Å². The summed E-state index contributed by atoms with van der Waals surface area (Å²) in [5.41, 5.74) is 1.27. The molecule has 0 N–H and O–H groups in total. The number of rotatable bonds is 4. The number of anilines is 1. The van der Waals surface area contributed by atoms with Gasteiger partial charge in [0.15, 0.2) is 6.10 Å². The standard InChI is InChI=1S/C20H18N2O5/c1-12(17(23)21(2)3)27-20(26)13-8-10-14(11-9-13)22-18(24)15-6-4-5-7-16(15)19(22)25/h4-12H,1-3H3/t12-/m1/s1. The number of imide groups is 1. The van der Waals surface area contributed by atoms with E-state index in [2.05, 4.69) is 0 Å². The second-order valence-electron chi connectivity index (χ2n) is 6.32. The van der Waals surface area contributed by atoms with Gasteiger partial charge in [0.1, 0.15) is 0 Å². The summed E-state index contributed by atoms with van der Waals surface area (Å²) in [5, 5.41) is 0. The molecule has 27 heavy (non-hydrogen) atoms. The van der Waals surface area contributed by atoms with Gasteiger partial charge in [-0.25, -0.2) is 9.69 Å². The minimum atomic E-state index is -0.914. The number of nitrogens with zero attached hydrogens (tertiary/aromatic N) is 2. The van der Waals surface area contributed by atoms with Crippen LogP contribution < -0.4 is 4.90 Å². The second kappa shape index (κ2) is 7.03. The first kappa shape index (κ1) is 18.3. The van der Waals surface area contributed by atoms with Crippen molar-refractivity contribution in [3.05, 3.63) is 65.2 Å². The summed E-state index contributed by atoms with van der Waals surface area (Å²) in [6.45, 7) is 1.49. The average Bonchev–Trinajstić information content (AvgIpc) is 2.92. The lowest BCUT2D eigenvalue weighted by Gasteiger charge is -2.17. The molecular formula is C20H18N2O5. The molecule has 3 amide bonds. The van der Waals surface area contributed by atoms with Crippen molar-refractivity contribution in [2.75, 3.05) is 19.0 Å². The third kappa shape index (κ3) is 3.31. The molecule has 7 heteroatoms. The third-order valence-corrected chi connectivity index (χ3v) is 4.23. The van der Waals surface area contributed by atoms with Crippen molar-refractivity contribution in [2.45, 2.75) is 13.0 Å². The van der Waals surface area contributed by atoms with E-state index in [0.717, 1.165) is 4.90 Å². The number of carbonyl (C=O) groups is 4. The van der Waals surface area contributed by atoms with E-state index in [0.29, 0.717) is 16.8 Å². The van der Waals surface area contributed by atoms with E-state index in [1.807, 2.05) is 0 Å². The molecule has 1 atom stereocenters. The zero-order chi connectivity index (χ0) is 19.7. The molecular weight excluding hydrogens is 348 g/mol. The number of hydrogen-bond donors (Lipinski definition) is 0. The number of carbonyl (C=O) groups excluding carboxylic acids is 4. The Morgan fingerprint density at radius 1 is 0.926 bits per heavy atom. The average molecular weight is 366 g/mol. The number of benzene rings is 2. The van der Waals surface area contributed by atoms with Crippen molar-refractivity contribution >= 4 is 29.4 Å². The lowest BCUT2D eigenvalue weighted by atomic mass is 10.1. The molecule has 0 bridgehead atoms. The Bertz CT molecular complexity index is 899. The zero-order valence-electron chi connectivity index (χ0n) is 15.1. The van der Waals surface area contributed by atoms with Gasteiger partial charge in [-0.3, -0.25) is 14.4 Å². The van der Waals surface area contributed by atoms with Gasteiger partial charge in [-0.15, -0.1) is 0 Å². The summed E-state index contributed by atoms with van der Waals surface area (Å²) in [6, 6.07) is 12.5. The molecule has 7 nitrogen and oxygen atoms in total. The van der Waals surface area contributed by atoms with Crippen molar-refractivity contribution in [1.29, 1.82) is 0 Å². The maximum absolute atomic E-state index is 12.5.